The molecule has 1 aromatic carbocycles. The maximum absolute atomic E-state index is 12.6. The molecule has 1 aliphatic rings. The van der Waals surface area contributed by atoms with Crippen molar-refractivity contribution in [3.05, 3.63) is 52.5 Å². The van der Waals surface area contributed by atoms with Gasteiger partial charge >= 0.3 is 0 Å². The molecule has 0 saturated carbocycles. The monoisotopic (exact) mass is 391 g/mol. The second-order valence-electron chi connectivity index (χ2n) is 8.06. The molecule has 0 unspecified atom stereocenters. The predicted octanol–water partition coefficient (Wildman–Crippen LogP) is 4.13. The highest BCUT2D eigenvalue weighted by atomic mass is 16.1. The fourth-order valence-corrected chi connectivity index (χ4v) is 4.21. The van der Waals surface area contributed by atoms with Crippen LogP contribution in [0.1, 0.15) is 47.5 Å². The van der Waals surface area contributed by atoms with Crippen LogP contribution in [-0.4, -0.2) is 33.6 Å². The lowest BCUT2D eigenvalue weighted by molar-refractivity contribution is -0.116. The average molecular weight is 392 g/mol. The van der Waals surface area contributed by atoms with Crippen molar-refractivity contribution < 1.29 is 4.79 Å². The van der Waals surface area contributed by atoms with Crippen LogP contribution in [0.2, 0.25) is 0 Å². The Bertz CT molecular complexity index is 1060. The van der Waals surface area contributed by atoms with Crippen molar-refractivity contribution in [3.63, 3.8) is 0 Å². The van der Waals surface area contributed by atoms with Gasteiger partial charge in [-0.3, -0.25) is 4.79 Å². The highest BCUT2D eigenvalue weighted by molar-refractivity contribution is 5.92. The van der Waals surface area contributed by atoms with Gasteiger partial charge in [0.2, 0.25) is 5.91 Å². The number of nitrogens with zero attached hydrogens (tertiary/aromatic N) is 4. The fraction of sp³-hybridized carbons (Fsp3) is 0.435. The van der Waals surface area contributed by atoms with Gasteiger partial charge in [-0.25, -0.2) is 9.50 Å². The Kier molecular flexibility index (Phi) is 5.26. The molecule has 2 aromatic heterocycles. The van der Waals surface area contributed by atoms with Gasteiger partial charge in [0, 0.05) is 48.3 Å². The van der Waals surface area contributed by atoms with Crippen molar-refractivity contribution in [2.75, 3.05) is 23.3 Å². The SMILES string of the molecule is Cc1cc2nc(C)c(CCC(=O)Nc3ccc(N4CCCC4)cc3C)c(C)n2n1. The van der Waals surface area contributed by atoms with Gasteiger partial charge < -0.3 is 10.2 Å². The number of fused-ring (bicyclic) bond motifs is 1. The summed E-state index contributed by atoms with van der Waals surface area (Å²) in [6.45, 7) is 10.3. The number of hydrogen-bond acceptors (Lipinski definition) is 4. The van der Waals surface area contributed by atoms with Gasteiger partial charge in [-0.2, -0.15) is 5.10 Å². The first kappa shape index (κ1) is 19.4. The van der Waals surface area contributed by atoms with Crippen molar-refractivity contribution >= 4 is 22.9 Å². The van der Waals surface area contributed by atoms with E-state index in [0.717, 1.165) is 52.6 Å². The molecule has 6 heteroatoms. The summed E-state index contributed by atoms with van der Waals surface area (Å²) >= 11 is 0. The van der Waals surface area contributed by atoms with Crippen molar-refractivity contribution in [1.29, 1.82) is 0 Å². The van der Waals surface area contributed by atoms with Crippen LogP contribution in [0, 0.1) is 27.7 Å². The third-order valence-corrected chi connectivity index (χ3v) is 5.84. The van der Waals surface area contributed by atoms with Crippen molar-refractivity contribution in [2.45, 2.75) is 53.4 Å². The van der Waals surface area contributed by atoms with Crippen molar-refractivity contribution in [3.8, 4) is 0 Å². The van der Waals surface area contributed by atoms with Crippen LogP contribution in [0.3, 0.4) is 0 Å². The van der Waals surface area contributed by atoms with Gasteiger partial charge in [-0.15, -0.1) is 0 Å². The Balaban J connectivity index is 1.43. The summed E-state index contributed by atoms with van der Waals surface area (Å²) in [6, 6.07) is 8.29. The van der Waals surface area contributed by atoms with Crippen molar-refractivity contribution in [2.24, 2.45) is 0 Å². The standard InChI is InChI=1S/C23H29N5O/c1-15-13-19(27-11-5-6-12-27)7-9-21(15)25-23(29)10-8-20-17(3)24-22-14-16(2)26-28(22)18(20)4/h7,9,13-14H,5-6,8,10-12H2,1-4H3,(H,25,29). The molecule has 1 aliphatic heterocycles. The lowest BCUT2D eigenvalue weighted by Crippen LogP contribution is -2.18. The second kappa shape index (κ2) is 7.85. The molecule has 4 rings (SSSR count). The molecule has 29 heavy (non-hydrogen) atoms. The largest absolute Gasteiger partial charge is 0.372 e. The van der Waals surface area contributed by atoms with E-state index in [1.165, 1.54) is 18.5 Å². The van der Waals surface area contributed by atoms with Crippen LogP contribution in [0.5, 0.6) is 0 Å². The number of aryl methyl sites for hydroxylation is 4. The summed E-state index contributed by atoms with van der Waals surface area (Å²) < 4.78 is 1.87. The molecule has 1 fully saturated rings. The Morgan fingerprint density at radius 2 is 1.86 bits per heavy atom. The summed E-state index contributed by atoms with van der Waals surface area (Å²) in [5, 5.41) is 7.59. The molecule has 152 valence electrons. The zero-order valence-corrected chi connectivity index (χ0v) is 17.7. The van der Waals surface area contributed by atoms with E-state index in [0.29, 0.717) is 12.8 Å². The van der Waals surface area contributed by atoms with E-state index in [4.69, 9.17) is 0 Å². The zero-order valence-electron chi connectivity index (χ0n) is 17.7. The van der Waals surface area contributed by atoms with Crippen LogP contribution >= 0.6 is 0 Å². The Morgan fingerprint density at radius 1 is 1.10 bits per heavy atom. The van der Waals surface area contributed by atoms with E-state index < -0.39 is 0 Å². The molecule has 3 aromatic rings. The molecular formula is C23H29N5O. The Morgan fingerprint density at radius 3 is 2.59 bits per heavy atom. The minimum atomic E-state index is 0.0255. The second-order valence-corrected chi connectivity index (χ2v) is 8.06. The number of carbonyl (C=O) groups is 1. The molecule has 1 amide bonds. The Hall–Kier alpha value is -2.89. The van der Waals surface area contributed by atoms with Gasteiger partial charge in [0.15, 0.2) is 5.65 Å². The van der Waals surface area contributed by atoms with Crippen LogP contribution in [0.4, 0.5) is 11.4 Å². The molecule has 0 aliphatic carbocycles. The van der Waals surface area contributed by atoms with Crippen LogP contribution in [-0.2, 0) is 11.2 Å². The van der Waals surface area contributed by atoms with E-state index in [-0.39, 0.29) is 5.91 Å². The molecule has 0 atom stereocenters. The quantitative estimate of drug-likeness (QED) is 0.710. The van der Waals surface area contributed by atoms with E-state index in [1.54, 1.807) is 0 Å². The van der Waals surface area contributed by atoms with Gasteiger partial charge in [0.05, 0.1) is 5.69 Å². The first-order valence-corrected chi connectivity index (χ1v) is 10.4. The molecule has 6 nitrogen and oxygen atoms in total. The van der Waals surface area contributed by atoms with E-state index >= 15 is 0 Å². The summed E-state index contributed by atoms with van der Waals surface area (Å²) in [5.41, 5.74) is 8.17. The minimum Gasteiger partial charge on any atom is -0.372 e. The van der Waals surface area contributed by atoms with Crippen LogP contribution < -0.4 is 10.2 Å². The lowest BCUT2D eigenvalue weighted by atomic mass is 10.1. The van der Waals surface area contributed by atoms with Crippen molar-refractivity contribution in [1.82, 2.24) is 14.6 Å². The number of aromatic nitrogens is 3. The predicted molar refractivity (Wildman–Crippen MR) is 117 cm³/mol. The molecule has 0 radical (unpaired) electrons. The maximum Gasteiger partial charge on any atom is 0.224 e. The van der Waals surface area contributed by atoms with E-state index in [2.05, 4.69) is 39.4 Å². The number of amides is 1. The molecule has 0 bridgehead atoms. The van der Waals surface area contributed by atoms with Gasteiger partial charge in [0.1, 0.15) is 0 Å². The third kappa shape index (κ3) is 3.97. The number of benzene rings is 1. The number of nitrogens with one attached hydrogen (secondary N) is 1. The molecule has 3 heterocycles. The number of hydrogen-bond donors (Lipinski definition) is 1. The zero-order chi connectivity index (χ0) is 20.5. The summed E-state index contributed by atoms with van der Waals surface area (Å²) in [6.07, 6.45) is 3.59. The topological polar surface area (TPSA) is 62.5 Å². The van der Waals surface area contributed by atoms with Gasteiger partial charge in [-0.1, -0.05) is 0 Å². The van der Waals surface area contributed by atoms with Crippen LogP contribution in [0.15, 0.2) is 24.3 Å². The van der Waals surface area contributed by atoms with Crippen LogP contribution in [0.25, 0.3) is 5.65 Å². The summed E-state index contributed by atoms with van der Waals surface area (Å²) in [5.74, 6) is 0.0255. The van der Waals surface area contributed by atoms with E-state index in [1.807, 2.05) is 37.4 Å². The molecule has 1 saturated heterocycles. The average Bonchev–Trinajstić information content (AvgIpc) is 3.33. The van der Waals surface area contributed by atoms with E-state index in [9.17, 15) is 4.79 Å². The normalized spacial score (nSPS) is 14.0. The first-order chi connectivity index (χ1) is 13.9. The minimum absolute atomic E-state index is 0.0255. The highest BCUT2D eigenvalue weighted by Gasteiger charge is 2.15. The number of rotatable bonds is 5. The third-order valence-electron chi connectivity index (χ3n) is 5.84. The highest BCUT2D eigenvalue weighted by Crippen LogP contribution is 2.26. The fourth-order valence-electron chi connectivity index (χ4n) is 4.21. The summed E-state index contributed by atoms with van der Waals surface area (Å²) in [4.78, 5) is 19.7. The lowest BCUT2D eigenvalue weighted by Gasteiger charge is -2.19. The number of carbonyl (C=O) groups excluding carboxylic acids is 1. The molecule has 0 spiro atoms. The number of anilines is 2. The maximum atomic E-state index is 12.6. The smallest absolute Gasteiger partial charge is 0.224 e. The Labute approximate surface area is 171 Å². The summed E-state index contributed by atoms with van der Waals surface area (Å²) in [7, 11) is 0. The first-order valence-electron chi connectivity index (χ1n) is 10.4. The van der Waals surface area contributed by atoms with Gasteiger partial charge in [-0.05, 0) is 76.3 Å². The molecule has 1 N–H and O–H groups in total. The van der Waals surface area contributed by atoms with Gasteiger partial charge in [0.25, 0.3) is 0 Å². The molecular weight excluding hydrogens is 362 g/mol.